The molecule has 2 aromatic rings. The van der Waals surface area contributed by atoms with Crippen molar-refractivity contribution in [1.82, 2.24) is 9.97 Å². The Bertz CT molecular complexity index is 540. The van der Waals surface area contributed by atoms with Crippen molar-refractivity contribution in [1.29, 1.82) is 0 Å². The summed E-state index contributed by atoms with van der Waals surface area (Å²) < 4.78 is 5.38. The summed E-state index contributed by atoms with van der Waals surface area (Å²) in [6.45, 7) is 0. The Hall–Kier alpha value is -2.63. The molecule has 0 aliphatic carbocycles. The predicted molar refractivity (Wildman–Crippen MR) is 59.9 cm³/mol. The lowest BCUT2D eigenvalue weighted by Gasteiger charge is -2.05. The van der Waals surface area contributed by atoms with Gasteiger partial charge in [0.15, 0.2) is 5.75 Å². The normalized spacial score (nSPS) is 9.88. The molecule has 0 spiro atoms. The third-order valence-electron chi connectivity index (χ3n) is 1.96. The van der Waals surface area contributed by atoms with E-state index in [1.807, 2.05) is 0 Å². The fourth-order valence-corrected chi connectivity index (χ4v) is 1.21. The number of ether oxygens (including phenoxy) is 1. The van der Waals surface area contributed by atoms with Crippen LogP contribution in [0.4, 0.5) is 5.95 Å². The number of carbonyl (C=O) groups is 1. The molecule has 0 saturated heterocycles. The lowest BCUT2D eigenvalue weighted by molar-refractivity contribution is 0.0696. The monoisotopic (exact) mass is 231 g/mol. The number of carboxylic acid groups (broad SMARTS) is 1. The van der Waals surface area contributed by atoms with Crippen molar-refractivity contribution in [3.05, 3.63) is 42.2 Å². The van der Waals surface area contributed by atoms with E-state index < -0.39 is 5.97 Å². The van der Waals surface area contributed by atoms with E-state index in [0.717, 1.165) is 0 Å². The van der Waals surface area contributed by atoms with Crippen LogP contribution in [0.1, 0.15) is 10.4 Å². The van der Waals surface area contributed by atoms with Crippen LogP contribution in [0.3, 0.4) is 0 Å². The van der Waals surface area contributed by atoms with Gasteiger partial charge in [0.1, 0.15) is 5.75 Å². The van der Waals surface area contributed by atoms with Crippen LogP contribution in [0.5, 0.6) is 11.5 Å². The summed E-state index contributed by atoms with van der Waals surface area (Å²) in [5.41, 5.74) is 5.48. The number of nitrogens with zero attached hydrogens (tertiary/aromatic N) is 2. The van der Waals surface area contributed by atoms with Gasteiger partial charge in [-0.2, -0.15) is 0 Å². The lowest BCUT2D eigenvalue weighted by atomic mass is 10.2. The van der Waals surface area contributed by atoms with Gasteiger partial charge in [-0.25, -0.2) is 14.8 Å². The highest BCUT2D eigenvalue weighted by Crippen LogP contribution is 2.20. The van der Waals surface area contributed by atoms with E-state index in [2.05, 4.69) is 9.97 Å². The minimum absolute atomic E-state index is 0.150. The molecule has 0 atom stereocenters. The summed E-state index contributed by atoms with van der Waals surface area (Å²) in [6.07, 6.45) is 2.82. The second kappa shape index (κ2) is 4.48. The molecule has 0 unspecified atom stereocenters. The largest absolute Gasteiger partial charge is 0.478 e. The molecule has 6 nitrogen and oxygen atoms in total. The van der Waals surface area contributed by atoms with E-state index in [0.29, 0.717) is 11.5 Å². The summed E-state index contributed by atoms with van der Waals surface area (Å²) in [5.74, 6) is -0.0688. The average molecular weight is 231 g/mol. The first kappa shape index (κ1) is 10.9. The van der Waals surface area contributed by atoms with Crippen LogP contribution in [-0.2, 0) is 0 Å². The van der Waals surface area contributed by atoms with Crippen LogP contribution < -0.4 is 10.5 Å². The molecule has 0 aliphatic rings. The Morgan fingerprint density at radius 3 is 2.59 bits per heavy atom. The maximum Gasteiger partial charge on any atom is 0.335 e. The van der Waals surface area contributed by atoms with Crippen molar-refractivity contribution in [3.8, 4) is 11.5 Å². The number of rotatable bonds is 3. The van der Waals surface area contributed by atoms with E-state index in [1.54, 1.807) is 12.1 Å². The SMILES string of the molecule is Nc1ncc(Oc2cccc(C(=O)O)c2)cn1. The summed E-state index contributed by atoms with van der Waals surface area (Å²) in [4.78, 5) is 18.3. The molecule has 0 amide bonds. The highest BCUT2D eigenvalue weighted by molar-refractivity contribution is 5.88. The maximum absolute atomic E-state index is 10.8. The number of anilines is 1. The minimum Gasteiger partial charge on any atom is -0.478 e. The number of carboxylic acids is 1. The van der Waals surface area contributed by atoms with Crippen LogP contribution in [-0.4, -0.2) is 21.0 Å². The molecule has 0 fully saturated rings. The Morgan fingerprint density at radius 1 is 1.24 bits per heavy atom. The Kier molecular flexibility index (Phi) is 2.87. The molecule has 1 aromatic carbocycles. The Balaban J connectivity index is 2.21. The highest BCUT2D eigenvalue weighted by Gasteiger charge is 2.04. The first-order chi connectivity index (χ1) is 8.15. The maximum atomic E-state index is 10.8. The Labute approximate surface area is 96.7 Å². The molecule has 1 heterocycles. The molecule has 2 rings (SSSR count). The van der Waals surface area contributed by atoms with Gasteiger partial charge in [0.2, 0.25) is 5.95 Å². The molecule has 0 radical (unpaired) electrons. The second-order valence-corrected chi connectivity index (χ2v) is 3.21. The first-order valence-electron chi connectivity index (χ1n) is 4.74. The molecule has 6 heteroatoms. The van der Waals surface area contributed by atoms with Gasteiger partial charge in [0, 0.05) is 0 Å². The summed E-state index contributed by atoms with van der Waals surface area (Å²) >= 11 is 0. The molecular weight excluding hydrogens is 222 g/mol. The number of nitrogens with two attached hydrogens (primary N) is 1. The van der Waals surface area contributed by atoms with E-state index in [-0.39, 0.29) is 11.5 Å². The van der Waals surface area contributed by atoms with Gasteiger partial charge in [0.05, 0.1) is 18.0 Å². The molecule has 17 heavy (non-hydrogen) atoms. The Morgan fingerprint density at radius 2 is 1.94 bits per heavy atom. The topological polar surface area (TPSA) is 98.3 Å². The van der Waals surface area contributed by atoms with E-state index in [9.17, 15) is 4.79 Å². The zero-order chi connectivity index (χ0) is 12.3. The van der Waals surface area contributed by atoms with Gasteiger partial charge in [-0.15, -0.1) is 0 Å². The quantitative estimate of drug-likeness (QED) is 0.831. The van der Waals surface area contributed by atoms with Crippen molar-refractivity contribution in [2.75, 3.05) is 5.73 Å². The third-order valence-corrected chi connectivity index (χ3v) is 1.96. The summed E-state index contributed by atoms with van der Waals surface area (Å²) in [5, 5.41) is 8.81. The van der Waals surface area contributed by atoms with E-state index in [1.165, 1.54) is 24.5 Å². The summed E-state index contributed by atoms with van der Waals surface area (Å²) in [7, 11) is 0. The van der Waals surface area contributed by atoms with Crippen LogP contribution in [0.2, 0.25) is 0 Å². The smallest absolute Gasteiger partial charge is 0.335 e. The third kappa shape index (κ3) is 2.69. The van der Waals surface area contributed by atoms with Gasteiger partial charge >= 0.3 is 5.97 Å². The lowest BCUT2D eigenvalue weighted by Crippen LogP contribution is -1.97. The number of aromatic carboxylic acids is 1. The highest BCUT2D eigenvalue weighted by atomic mass is 16.5. The van der Waals surface area contributed by atoms with E-state index >= 15 is 0 Å². The number of aromatic nitrogens is 2. The number of hydrogen-bond acceptors (Lipinski definition) is 5. The van der Waals surface area contributed by atoms with Crippen molar-refractivity contribution in [2.45, 2.75) is 0 Å². The molecule has 0 saturated carbocycles. The molecular formula is C11H9N3O3. The first-order valence-corrected chi connectivity index (χ1v) is 4.74. The zero-order valence-electron chi connectivity index (χ0n) is 8.70. The zero-order valence-corrected chi connectivity index (χ0v) is 8.70. The number of benzene rings is 1. The van der Waals surface area contributed by atoms with Gasteiger partial charge in [-0.3, -0.25) is 0 Å². The van der Waals surface area contributed by atoms with Crippen molar-refractivity contribution < 1.29 is 14.6 Å². The fraction of sp³-hybridized carbons (Fsp3) is 0. The van der Waals surface area contributed by atoms with Crippen molar-refractivity contribution in [2.24, 2.45) is 0 Å². The van der Waals surface area contributed by atoms with Gasteiger partial charge in [-0.05, 0) is 18.2 Å². The van der Waals surface area contributed by atoms with Crippen molar-refractivity contribution in [3.63, 3.8) is 0 Å². The standard InChI is InChI=1S/C11H9N3O3/c12-11-13-5-9(6-14-11)17-8-3-1-2-7(4-8)10(15)16/h1-6H,(H,15,16)(H2,12,13,14). The summed E-state index contributed by atoms with van der Waals surface area (Å²) in [6, 6.07) is 6.13. The molecule has 86 valence electrons. The van der Waals surface area contributed by atoms with E-state index in [4.69, 9.17) is 15.6 Å². The van der Waals surface area contributed by atoms with Gasteiger partial charge in [0.25, 0.3) is 0 Å². The minimum atomic E-state index is -1.01. The average Bonchev–Trinajstić information content (AvgIpc) is 2.32. The van der Waals surface area contributed by atoms with Crippen LogP contribution in [0.15, 0.2) is 36.7 Å². The van der Waals surface area contributed by atoms with Gasteiger partial charge < -0.3 is 15.6 Å². The molecule has 0 aliphatic heterocycles. The molecule has 0 bridgehead atoms. The van der Waals surface area contributed by atoms with Crippen LogP contribution in [0, 0.1) is 0 Å². The molecule has 3 N–H and O–H groups in total. The molecule has 1 aromatic heterocycles. The fourth-order valence-electron chi connectivity index (χ4n) is 1.21. The second-order valence-electron chi connectivity index (χ2n) is 3.21. The number of hydrogen-bond donors (Lipinski definition) is 2. The van der Waals surface area contributed by atoms with Crippen LogP contribution in [0.25, 0.3) is 0 Å². The van der Waals surface area contributed by atoms with Gasteiger partial charge in [-0.1, -0.05) is 6.07 Å². The number of nitrogen functional groups attached to an aromatic ring is 1. The van der Waals surface area contributed by atoms with Crippen molar-refractivity contribution >= 4 is 11.9 Å². The van der Waals surface area contributed by atoms with Crippen LogP contribution >= 0.6 is 0 Å². The predicted octanol–water partition coefficient (Wildman–Crippen LogP) is 1.55.